The molecule has 0 radical (unpaired) electrons. The number of ether oxygens (including phenoxy) is 1. The second kappa shape index (κ2) is 12.1. The Morgan fingerprint density at radius 2 is 1.91 bits per heavy atom. The van der Waals surface area contributed by atoms with E-state index in [2.05, 4.69) is 21.2 Å². The third-order valence-corrected chi connectivity index (χ3v) is 6.19. The minimum atomic E-state index is -1.04. The summed E-state index contributed by atoms with van der Waals surface area (Å²) in [7, 11) is 0. The van der Waals surface area contributed by atoms with E-state index >= 15 is 0 Å². The average molecular weight is 532 g/mol. The van der Waals surface area contributed by atoms with Crippen LogP contribution in [0.2, 0.25) is 0 Å². The van der Waals surface area contributed by atoms with E-state index in [9.17, 15) is 14.7 Å². The lowest BCUT2D eigenvalue weighted by molar-refractivity contribution is -0.139. The number of carbonyl (C=O) groups excluding carboxylic acids is 1. The molecule has 1 heterocycles. The number of rotatable bonds is 11. The molecule has 1 atom stereocenters. The van der Waals surface area contributed by atoms with Crippen LogP contribution in [-0.4, -0.2) is 35.0 Å². The maximum Gasteiger partial charge on any atom is 0.326 e. The number of hydrogen-bond donors (Lipinski definition) is 2. The second-order valence-corrected chi connectivity index (χ2v) is 9.31. The zero-order chi connectivity index (χ0) is 23.8. The van der Waals surface area contributed by atoms with Crippen molar-refractivity contribution in [1.82, 2.24) is 5.32 Å². The molecule has 0 saturated heterocycles. The Balaban J connectivity index is 1.85. The molecule has 1 aromatic heterocycles. The molecule has 1 unspecified atom stereocenters. The molecule has 0 aliphatic rings. The van der Waals surface area contributed by atoms with E-state index in [4.69, 9.17) is 9.15 Å². The Labute approximate surface area is 205 Å². The summed E-state index contributed by atoms with van der Waals surface area (Å²) in [6.07, 6.45) is 2.26. The van der Waals surface area contributed by atoms with Crippen LogP contribution in [0.1, 0.15) is 33.7 Å². The van der Waals surface area contributed by atoms with E-state index in [1.54, 1.807) is 17.8 Å². The second-order valence-electron chi connectivity index (χ2n) is 7.54. The summed E-state index contributed by atoms with van der Waals surface area (Å²) in [4.78, 5) is 24.7. The maximum atomic E-state index is 13.1. The lowest BCUT2D eigenvalue weighted by Crippen LogP contribution is -2.41. The van der Waals surface area contributed by atoms with Gasteiger partial charge in [-0.2, -0.15) is 11.8 Å². The third kappa shape index (κ3) is 6.96. The molecule has 33 heavy (non-hydrogen) atoms. The zero-order valence-corrected chi connectivity index (χ0v) is 20.9. The van der Waals surface area contributed by atoms with Gasteiger partial charge in [-0.05, 0) is 87.8 Å². The van der Waals surface area contributed by atoms with Gasteiger partial charge in [-0.25, -0.2) is 4.79 Å². The van der Waals surface area contributed by atoms with Gasteiger partial charge in [0.25, 0.3) is 5.91 Å². The number of halogens is 1. The van der Waals surface area contributed by atoms with E-state index in [-0.39, 0.29) is 0 Å². The first-order chi connectivity index (χ1) is 15.9. The fraction of sp³-hybridized carbons (Fsp3) is 0.280. The number of aliphatic carboxylic acids is 1. The smallest absolute Gasteiger partial charge is 0.326 e. The zero-order valence-electron chi connectivity index (χ0n) is 18.5. The summed E-state index contributed by atoms with van der Waals surface area (Å²) in [6, 6.07) is 16.0. The minimum Gasteiger partial charge on any atom is -0.480 e. The fourth-order valence-corrected chi connectivity index (χ4v) is 4.22. The number of thioether (sulfide) groups is 1. The summed E-state index contributed by atoms with van der Waals surface area (Å²) in [5.41, 5.74) is 3.99. The fourth-order valence-electron chi connectivity index (χ4n) is 3.40. The summed E-state index contributed by atoms with van der Waals surface area (Å²) >= 11 is 4.82. The number of nitrogens with one attached hydrogen (secondary N) is 1. The van der Waals surface area contributed by atoms with Crippen LogP contribution in [0.5, 0.6) is 0 Å². The Morgan fingerprint density at radius 3 is 2.58 bits per heavy atom. The summed E-state index contributed by atoms with van der Waals surface area (Å²) in [5.74, 6) is -0.0919. The molecular formula is C25H26BrNO5S. The van der Waals surface area contributed by atoms with Gasteiger partial charge in [-0.15, -0.1) is 0 Å². The number of hydrogen-bond acceptors (Lipinski definition) is 5. The molecule has 2 aromatic carbocycles. The van der Waals surface area contributed by atoms with Gasteiger partial charge in [0.05, 0.1) is 6.61 Å². The van der Waals surface area contributed by atoms with E-state index in [0.29, 0.717) is 41.4 Å². The van der Waals surface area contributed by atoms with Gasteiger partial charge in [0, 0.05) is 5.56 Å². The van der Waals surface area contributed by atoms with Gasteiger partial charge in [0.15, 0.2) is 4.67 Å². The number of furan rings is 1. The van der Waals surface area contributed by atoms with Crippen LogP contribution in [0.3, 0.4) is 0 Å². The normalized spacial score (nSPS) is 11.8. The summed E-state index contributed by atoms with van der Waals surface area (Å²) < 4.78 is 11.9. The molecular weight excluding hydrogens is 506 g/mol. The van der Waals surface area contributed by atoms with Gasteiger partial charge in [-0.3, -0.25) is 4.79 Å². The quantitative estimate of drug-likeness (QED) is 0.331. The van der Waals surface area contributed by atoms with Gasteiger partial charge < -0.3 is 19.6 Å². The van der Waals surface area contributed by atoms with E-state index in [1.807, 2.05) is 61.7 Å². The van der Waals surface area contributed by atoms with E-state index in [1.165, 1.54) is 0 Å². The standard InChI is InChI=1S/C25H26BrNO5S/c1-16-5-3-4-6-19(16)21-13-17(14-31-15-18-8-10-23(26)32-18)7-9-20(21)24(28)27-22(25(29)30)11-12-33-2/h3-10,13,22H,11-12,14-15H2,1-2H3,(H,27,28)(H,29,30). The number of amides is 1. The van der Waals surface area contributed by atoms with Crippen LogP contribution in [0, 0.1) is 6.92 Å². The molecule has 1 amide bonds. The van der Waals surface area contributed by atoms with Crippen molar-refractivity contribution in [2.45, 2.75) is 32.6 Å². The largest absolute Gasteiger partial charge is 0.480 e. The van der Waals surface area contributed by atoms with Gasteiger partial charge in [0.2, 0.25) is 0 Å². The number of carboxylic acids is 1. The molecule has 6 nitrogen and oxygen atoms in total. The van der Waals surface area contributed by atoms with Crippen LogP contribution in [0.25, 0.3) is 11.1 Å². The van der Waals surface area contributed by atoms with Gasteiger partial charge in [0.1, 0.15) is 18.4 Å². The van der Waals surface area contributed by atoms with Gasteiger partial charge >= 0.3 is 5.97 Å². The van der Waals surface area contributed by atoms with Crippen LogP contribution in [0.15, 0.2) is 63.7 Å². The Bertz CT molecular complexity index is 1110. The monoisotopic (exact) mass is 531 g/mol. The predicted octanol–water partition coefficient (Wildman–Crippen LogP) is 5.67. The predicted molar refractivity (Wildman–Crippen MR) is 133 cm³/mol. The highest BCUT2D eigenvalue weighted by Crippen LogP contribution is 2.29. The topological polar surface area (TPSA) is 88.8 Å². The number of carboxylic acid groups (broad SMARTS) is 1. The lowest BCUT2D eigenvalue weighted by Gasteiger charge is -2.17. The minimum absolute atomic E-state index is 0.323. The molecule has 0 spiro atoms. The van der Waals surface area contributed by atoms with E-state index < -0.39 is 17.9 Å². The molecule has 0 saturated carbocycles. The molecule has 2 N–H and O–H groups in total. The molecule has 0 bridgehead atoms. The molecule has 0 aliphatic carbocycles. The van der Waals surface area contributed by atoms with Crippen molar-refractivity contribution < 1.29 is 23.8 Å². The SMILES string of the molecule is CSCCC(NC(=O)c1ccc(COCc2ccc(Br)o2)cc1-c1ccccc1C)C(=O)O. The third-order valence-electron chi connectivity index (χ3n) is 5.12. The highest BCUT2D eigenvalue weighted by molar-refractivity contribution is 9.10. The molecule has 0 aliphatic heterocycles. The Hall–Kier alpha value is -2.55. The Morgan fingerprint density at radius 1 is 1.12 bits per heavy atom. The van der Waals surface area contributed by atoms with Crippen molar-refractivity contribution in [2.75, 3.05) is 12.0 Å². The van der Waals surface area contributed by atoms with Crippen LogP contribution >= 0.6 is 27.7 Å². The highest BCUT2D eigenvalue weighted by atomic mass is 79.9. The van der Waals surface area contributed by atoms with Crippen molar-refractivity contribution >= 4 is 39.6 Å². The van der Waals surface area contributed by atoms with Crippen molar-refractivity contribution in [3.8, 4) is 11.1 Å². The molecule has 3 aromatic rings. The molecule has 174 valence electrons. The first-order valence-electron chi connectivity index (χ1n) is 10.4. The van der Waals surface area contributed by atoms with Crippen molar-refractivity contribution in [3.63, 3.8) is 0 Å². The summed E-state index contributed by atoms with van der Waals surface area (Å²) in [5, 5.41) is 12.2. The Kier molecular flexibility index (Phi) is 9.17. The first-order valence-corrected chi connectivity index (χ1v) is 12.6. The number of carbonyl (C=O) groups is 2. The van der Waals surface area contributed by atoms with Crippen molar-refractivity contribution in [3.05, 3.63) is 81.7 Å². The van der Waals surface area contributed by atoms with Crippen LogP contribution in [-0.2, 0) is 22.7 Å². The van der Waals surface area contributed by atoms with Crippen LogP contribution in [0.4, 0.5) is 0 Å². The van der Waals surface area contributed by atoms with Crippen LogP contribution < -0.4 is 5.32 Å². The average Bonchev–Trinajstić information content (AvgIpc) is 3.21. The van der Waals surface area contributed by atoms with E-state index in [0.717, 1.165) is 22.3 Å². The summed E-state index contributed by atoms with van der Waals surface area (Å²) in [6.45, 7) is 2.64. The number of aryl methyl sites for hydroxylation is 1. The number of benzene rings is 2. The van der Waals surface area contributed by atoms with Crippen molar-refractivity contribution in [1.29, 1.82) is 0 Å². The highest BCUT2D eigenvalue weighted by Gasteiger charge is 2.22. The first kappa shape index (κ1) is 25.1. The molecule has 0 fully saturated rings. The molecule has 3 rings (SSSR count). The van der Waals surface area contributed by atoms with Gasteiger partial charge in [-0.1, -0.05) is 30.3 Å². The lowest BCUT2D eigenvalue weighted by atomic mass is 9.93. The molecule has 8 heteroatoms. The van der Waals surface area contributed by atoms with Crippen molar-refractivity contribution in [2.24, 2.45) is 0 Å². The maximum absolute atomic E-state index is 13.1.